The van der Waals surface area contributed by atoms with Crippen molar-refractivity contribution < 1.29 is 4.74 Å². The molecule has 1 aromatic rings. The van der Waals surface area contributed by atoms with Crippen LogP contribution in [0.15, 0.2) is 12.1 Å². The summed E-state index contributed by atoms with van der Waals surface area (Å²) in [5.74, 6) is 0.637. The Morgan fingerprint density at radius 3 is 2.38 bits per heavy atom. The van der Waals surface area contributed by atoms with Crippen LogP contribution in [0.2, 0.25) is 10.0 Å². The molecule has 1 aliphatic carbocycles. The Hall–Kier alpha value is -0.440. The predicted molar refractivity (Wildman–Crippen MR) is 90.6 cm³/mol. The van der Waals surface area contributed by atoms with Gasteiger partial charge >= 0.3 is 0 Å². The molecule has 0 heterocycles. The molecular formula is C17H25Cl2NO. The van der Waals surface area contributed by atoms with Crippen molar-refractivity contribution in [2.45, 2.75) is 52.0 Å². The van der Waals surface area contributed by atoms with Crippen molar-refractivity contribution >= 4 is 23.2 Å². The first-order valence-corrected chi connectivity index (χ1v) is 8.60. The van der Waals surface area contributed by atoms with Gasteiger partial charge < -0.3 is 10.1 Å². The quantitative estimate of drug-likeness (QED) is 0.730. The van der Waals surface area contributed by atoms with Crippen molar-refractivity contribution in [3.8, 4) is 5.75 Å². The van der Waals surface area contributed by atoms with E-state index in [9.17, 15) is 0 Å². The highest BCUT2D eigenvalue weighted by atomic mass is 35.5. The van der Waals surface area contributed by atoms with Crippen molar-refractivity contribution in [3.05, 3.63) is 27.7 Å². The molecule has 0 saturated heterocycles. The molecule has 2 rings (SSSR count). The average molecular weight is 330 g/mol. The highest BCUT2D eigenvalue weighted by molar-refractivity contribution is 6.34. The second-order valence-electron chi connectivity index (χ2n) is 5.92. The van der Waals surface area contributed by atoms with Crippen LogP contribution in [0.5, 0.6) is 5.75 Å². The van der Waals surface area contributed by atoms with Crippen LogP contribution in [0, 0.1) is 5.41 Å². The van der Waals surface area contributed by atoms with Crippen LogP contribution in [0.1, 0.15) is 57.6 Å². The van der Waals surface area contributed by atoms with E-state index < -0.39 is 0 Å². The number of hydrogen-bond acceptors (Lipinski definition) is 2. The summed E-state index contributed by atoms with van der Waals surface area (Å²) in [6.07, 6.45) is 6.27. The number of nitrogens with one attached hydrogen (secondary N) is 1. The van der Waals surface area contributed by atoms with E-state index in [1.165, 1.54) is 25.7 Å². The third kappa shape index (κ3) is 3.33. The molecule has 2 nitrogen and oxygen atoms in total. The maximum Gasteiger partial charge on any atom is 0.138 e. The number of benzene rings is 1. The summed E-state index contributed by atoms with van der Waals surface area (Å²) in [5, 5.41) is 5.02. The molecule has 0 aromatic heterocycles. The van der Waals surface area contributed by atoms with Crippen molar-refractivity contribution in [2.75, 3.05) is 13.7 Å². The summed E-state index contributed by atoms with van der Waals surface area (Å²) in [5.41, 5.74) is 1.39. The standard InChI is InChI=1S/C17H25Cl2NO/c1-4-17(8-6-7-9-17)16(20-5-2)12-10-14(19)15(21-3)11-13(12)18/h10-11,16,20H,4-9H2,1-3H3. The molecule has 4 heteroatoms. The molecular weight excluding hydrogens is 305 g/mol. The average Bonchev–Trinajstić information content (AvgIpc) is 2.97. The molecule has 1 atom stereocenters. The van der Waals surface area contributed by atoms with Crippen LogP contribution < -0.4 is 10.1 Å². The fourth-order valence-electron chi connectivity index (χ4n) is 3.71. The molecule has 0 radical (unpaired) electrons. The minimum Gasteiger partial charge on any atom is -0.495 e. The molecule has 21 heavy (non-hydrogen) atoms. The van der Waals surface area contributed by atoms with Crippen molar-refractivity contribution in [2.24, 2.45) is 5.41 Å². The molecule has 1 saturated carbocycles. The van der Waals surface area contributed by atoms with E-state index in [1.807, 2.05) is 12.1 Å². The van der Waals surface area contributed by atoms with Gasteiger partial charge in [-0.15, -0.1) is 0 Å². The van der Waals surface area contributed by atoms with Gasteiger partial charge in [-0.3, -0.25) is 0 Å². The number of halogens is 2. The lowest BCUT2D eigenvalue weighted by Gasteiger charge is -2.38. The first-order valence-electron chi connectivity index (χ1n) is 7.84. The maximum atomic E-state index is 6.53. The van der Waals surface area contributed by atoms with E-state index in [4.69, 9.17) is 27.9 Å². The lowest BCUT2D eigenvalue weighted by Crippen LogP contribution is -2.36. The van der Waals surface area contributed by atoms with Gasteiger partial charge in [-0.2, -0.15) is 0 Å². The van der Waals surface area contributed by atoms with E-state index >= 15 is 0 Å². The molecule has 1 N–H and O–H groups in total. The first-order chi connectivity index (χ1) is 10.1. The zero-order valence-corrected chi connectivity index (χ0v) is 14.7. The van der Waals surface area contributed by atoms with Crippen LogP contribution in [-0.2, 0) is 0 Å². The Morgan fingerprint density at radius 1 is 1.19 bits per heavy atom. The second kappa shape index (κ2) is 7.21. The lowest BCUT2D eigenvalue weighted by atomic mass is 9.73. The molecule has 1 fully saturated rings. The smallest absolute Gasteiger partial charge is 0.138 e. The van der Waals surface area contributed by atoms with Crippen LogP contribution in [0.25, 0.3) is 0 Å². The molecule has 118 valence electrons. The SMILES string of the molecule is CCNC(c1cc(Cl)c(OC)cc1Cl)C1(CC)CCCC1. The Kier molecular flexibility index (Phi) is 5.81. The summed E-state index contributed by atoms with van der Waals surface area (Å²) in [4.78, 5) is 0. The zero-order chi connectivity index (χ0) is 15.5. The van der Waals surface area contributed by atoms with Gasteiger partial charge in [0.1, 0.15) is 5.75 Å². The molecule has 1 aliphatic rings. The second-order valence-corrected chi connectivity index (χ2v) is 6.74. The largest absolute Gasteiger partial charge is 0.495 e. The van der Waals surface area contributed by atoms with Crippen molar-refractivity contribution in [3.63, 3.8) is 0 Å². The maximum absolute atomic E-state index is 6.53. The molecule has 0 aliphatic heterocycles. The van der Waals surface area contributed by atoms with Crippen LogP contribution in [0.3, 0.4) is 0 Å². The monoisotopic (exact) mass is 329 g/mol. The Bertz CT molecular complexity index is 484. The topological polar surface area (TPSA) is 21.3 Å². The number of ether oxygens (including phenoxy) is 1. The third-order valence-electron chi connectivity index (χ3n) is 4.91. The molecule has 1 unspecified atom stereocenters. The minimum absolute atomic E-state index is 0.255. The molecule has 1 aromatic carbocycles. The predicted octanol–water partition coefficient (Wildman–Crippen LogP) is 5.62. The highest BCUT2D eigenvalue weighted by Crippen LogP contribution is 2.52. The molecule has 0 amide bonds. The fourth-order valence-corrected chi connectivity index (χ4v) is 4.22. The van der Waals surface area contributed by atoms with Crippen LogP contribution >= 0.6 is 23.2 Å². The Labute approximate surface area is 138 Å². The summed E-state index contributed by atoms with van der Waals surface area (Å²) in [7, 11) is 1.61. The van der Waals surface area contributed by atoms with Crippen molar-refractivity contribution in [1.82, 2.24) is 5.32 Å². The third-order valence-corrected chi connectivity index (χ3v) is 5.53. The van der Waals surface area contributed by atoms with Crippen LogP contribution in [-0.4, -0.2) is 13.7 Å². The van der Waals surface area contributed by atoms with Gasteiger partial charge in [0.05, 0.1) is 12.1 Å². The molecule has 0 bridgehead atoms. The first kappa shape index (κ1) is 16.9. The molecule has 0 spiro atoms. The van der Waals surface area contributed by atoms with E-state index in [2.05, 4.69) is 19.2 Å². The van der Waals surface area contributed by atoms with E-state index in [-0.39, 0.29) is 11.5 Å². The van der Waals surface area contributed by atoms with E-state index in [0.717, 1.165) is 23.6 Å². The van der Waals surface area contributed by atoms with Gasteiger partial charge in [0.15, 0.2) is 0 Å². The summed E-state index contributed by atoms with van der Waals surface area (Å²) >= 11 is 12.9. The summed E-state index contributed by atoms with van der Waals surface area (Å²) in [6.45, 7) is 5.35. The van der Waals surface area contributed by atoms with E-state index in [1.54, 1.807) is 7.11 Å². The lowest BCUT2D eigenvalue weighted by molar-refractivity contribution is 0.189. The number of rotatable bonds is 6. The van der Waals surface area contributed by atoms with Gasteiger partial charge in [0, 0.05) is 17.1 Å². The highest BCUT2D eigenvalue weighted by Gasteiger charge is 2.41. The van der Waals surface area contributed by atoms with Gasteiger partial charge in [0.25, 0.3) is 0 Å². The van der Waals surface area contributed by atoms with Gasteiger partial charge in [-0.1, -0.05) is 49.9 Å². The minimum atomic E-state index is 0.255. The van der Waals surface area contributed by atoms with Crippen molar-refractivity contribution in [1.29, 1.82) is 0 Å². The van der Waals surface area contributed by atoms with Gasteiger partial charge in [0.2, 0.25) is 0 Å². The van der Waals surface area contributed by atoms with Gasteiger partial charge in [-0.25, -0.2) is 0 Å². The van der Waals surface area contributed by atoms with Gasteiger partial charge in [-0.05, 0) is 42.9 Å². The Morgan fingerprint density at radius 2 is 1.86 bits per heavy atom. The van der Waals surface area contributed by atoms with E-state index in [0.29, 0.717) is 10.8 Å². The summed E-state index contributed by atoms with van der Waals surface area (Å²) in [6, 6.07) is 4.07. The zero-order valence-electron chi connectivity index (χ0n) is 13.1. The number of hydrogen-bond donors (Lipinski definition) is 1. The fraction of sp³-hybridized carbons (Fsp3) is 0.647. The summed E-state index contributed by atoms with van der Waals surface area (Å²) < 4.78 is 5.26. The van der Waals surface area contributed by atoms with Crippen LogP contribution in [0.4, 0.5) is 0 Å². The number of methoxy groups -OCH3 is 1. The Balaban J connectivity index is 2.45. The normalized spacial score (nSPS) is 18.7.